The molecule has 1 aromatic carbocycles. The molecule has 5 nitrogen and oxygen atoms in total. The van der Waals surface area contributed by atoms with E-state index in [0.29, 0.717) is 6.04 Å². The lowest BCUT2D eigenvalue weighted by molar-refractivity contribution is 0.366. The van der Waals surface area contributed by atoms with Crippen molar-refractivity contribution in [2.75, 3.05) is 44.7 Å². The van der Waals surface area contributed by atoms with E-state index in [1.54, 1.807) is 7.11 Å². The van der Waals surface area contributed by atoms with Crippen molar-refractivity contribution in [2.45, 2.75) is 25.8 Å². The maximum Gasteiger partial charge on any atom is 0.194 e. The van der Waals surface area contributed by atoms with E-state index in [0.717, 1.165) is 44.4 Å². The first-order valence-corrected chi connectivity index (χ1v) is 8.25. The van der Waals surface area contributed by atoms with Gasteiger partial charge >= 0.3 is 0 Å². The van der Waals surface area contributed by atoms with Crippen LogP contribution in [0.1, 0.15) is 19.8 Å². The second-order valence-electron chi connectivity index (χ2n) is 5.86. The number of aliphatic imine (C=N–C) groups is 1. The highest BCUT2D eigenvalue weighted by molar-refractivity contribution is 14.0. The highest BCUT2D eigenvalue weighted by Gasteiger charge is 2.27. The standard InChI is InChI=1S/C17H26N4O.HI/c1-3-18-17(19-14-8-9-14)21-12-10-20(11-13-21)15-6-4-5-7-16(15)22-2;/h4-7,14H,3,8-13H2,1-2H3,(H,18,19);1H. The molecule has 0 aromatic heterocycles. The summed E-state index contributed by atoms with van der Waals surface area (Å²) in [7, 11) is 1.74. The number of hydrogen-bond donors (Lipinski definition) is 1. The van der Waals surface area contributed by atoms with Crippen LogP contribution in [0.3, 0.4) is 0 Å². The van der Waals surface area contributed by atoms with Crippen molar-refractivity contribution in [3.63, 3.8) is 0 Å². The molecule has 1 aromatic rings. The molecule has 1 saturated carbocycles. The summed E-state index contributed by atoms with van der Waals surface area (Å²) in [6.07, 6.45) is 2.56. The molecule has 0 spiro atoms. The predicted octanol–water partition coefficient (Wildman–Crippen LogP) is 2.56. The number of nitrogens with zero attached hydrogens (tertiary/aromatic N) is 3. The molecule has 1 aliphatic carbocycles. The maximum atomic E-state index is 5.48. The maximum absolute atomic E-state index is 5.48. The van der Waals surface area contributed by atoms with Crippen LogP contribution in [0.15, 0.2) is 29.3 Å². The van der Waals surface area contributed by atoms with Gasteiger partial charge in [-0.25, -0.2) is 0 Å². The van der Waals surface area contributed by atoms with Gasteiger partial charge in [-0.2, -0.15) is 0 Å². The Morgan fingerprint density at radius 3 is 2.52 bits per heavy atom. The molecule has 2 fully saturated rings. The summed E-state index contributed by atoms with van der Waals surface area (Å²) in [6.45, 7) is 6.92. The first-order valence-electron chi connectivity index (χ1n) is 8.25. The topological polar surface area (TPSA) is 40.1 Å². The molecule has 0 amide bonds. The number of ether oxygens (including phenoxy) is 1. The minimum absolute atomic E-state index is 0. The molecule has 0 atom stereocenters. The van der Waals surface area contributed by atoms with E-state index in [4.69, 9.17) is 4.74 Å². The number of rotatable bonds is 4. The molecule has 1 heterocycles. The Balaban J connectivity index is 0.00000192. The fourth-order valence-electron chi connectivity index (χ4n) is 2.85. The highest BCUT2D eigenvalue weighted by Crippen LogP contribution is 2.28. The second-order valence-corrected chi connectivity index (χ2v) is 5.86. The van der Waals surface area contributed by atoms with Crippen LogP contribution in [0.5, 0.6) is 5.75 Å². The SMILES string of the molecule is CCN=C(NC1CC1)N1CCN(c2ccccc2OC)CC1.I. The predicted molar refractivity (Wildman–Crippen MR) is 106 cm³/mol. The molecule has 0 radical (unpaired) electrons. The zero-order valence-corrected chi connectivity index (χ0v) is 16.3. The van der Waals surface area contributed by atoms with Crippen molar-refractivity contribution in [1.82, 2.24) is 10.2 Å². The van der Waals surface area contributed by atoms with Crippen LogP contribution in [0.25, 0.3) is 0 Å². The Hall–Kier alpha value is -1.18. The summed E-state index contributed by atoms with van der Waals surface area (Å²) < 4.78 is 5.48. The number of methoxy groups -OCH3 is 1. The van der Waals surface area contributed by atoms with Gasteiger partial charge in [0.15, 0.2) is 5.96 Å². The first-order chi connectivity index (χ1) is 10.8. The number of hydrogen-bond acceptors (Lipinski definition) is 3. The monoisotopic (exact) mass is 430 g/mol. The third-order valence-corrected chi connectivity index (χ3v) is 4.22. The molecule has 1 saturated heterocycles. The van der Waals surface area contributed by atoms with Gasteiger partial charge in [0, 0.05) is 38.8 Å². The molecule has 1 aliphatic heterocycles. The first kappa shape index (κ1) is 18.2. The zero-order valence-electron chi connectivity index (χ0n) is 14.0. The third kappa shape index (κ3) is 4.65. The third-order valence-electron chi connectivity index (χ3n) is 4.22. The molecule has 2 aliphatic rings. The van der Waals surface area contributed by atoms with Gasteiger partial charge in [-0.15, -0.1) is 24.0 Å². The summed E-state index contributed by atoms with van der Waals surface area (Å²) in [5.41, 5.74) is 1.19. The largest absolute Gasteiger partial charge is 0.495 e. The molecule has 6 heteroatoms. The van der Waals surface area contributed by atoms with Crippen LogP contribution < -0.4 is 15.0 Å². The van der Waals surface area contributed by atoms with Crippen molar-refractivity contribution in [3.05, 3.63) is 24.3 Å². The Morgan fingerprint density at radius 2 is 1.91 bits per heavy atom. The fraction of sp³-hybridized carbons (Fsp3) is 0.588. The van der Waals surface area contributed by atoms with Crippen molar-refractivity contribution in [2.24, 2.45) is 4.99 Å². The van der Waals surface area contributed by atoms with Gasteiger partial charge in [0.25, 0.3) is 0 Å². The van der Waals surface area contributed by atoms with Crippen molar-refractivity contribution < 1.29 is 4.74 Å². The van der Waals surface area contributed by atoms with Crippen molar-refractivity contribution in [3.8, 4) is 5.75 Å². The van der Waals surface area contributed by atoms with Crippen LogP contribution in [-0.4, -0.2) is 56.7 Å². The van der Waals surface area contributed by atoms with Crippen LogP contribution in [0.4, 0.5) is 5.69 Å². The van der Waals surface area contributed by atoms with E-state index in [1.807, 2.05) is 12.1 Å². The number of nitrogens with one attached hydrogen (secondary N) is 1. The molecule has 1 N–H and O–H groups in total. The quantitative estimate of drug-likeness (QED) is 0.453. The Kier molecular flexibility index (Phi) is 6.80. The van der Waals surface area contributed by atoms with Gasteiger partial charge in [0.2, 0.25) is 0 Å². The van der Waals surface area contributed by atoms with E-state index < -0.39 is 0 Å². The summed E-state index contributed by atoms with van der Waals surface area (Å²) >= 11 is 0. The Morgan fingerprint density at radius 1 is 1.22 bits per heavy atom. The molecular formula is C17H27IN4O. The molecule has 23 heavy (non-hydrogen) atoms. The van der Waals surface area contributed by atoms with E-state index in [2.05, 4.69) is 39.2 Å². The lowest BCUT2D eigenvalue weighted by atomic mass is 10.2. The molecular weight excluding hydrogens is 403 g/mol. The lowest BCUT2D eigenvalue weighted by Gasteiger charge is -2.38. The number of para-hydroxylation sites is 2. The van der Waals surface area contributed by atoms with Crippen LogP contribution in [0, 0.1) is 0 Å². The molecule has 0 unspecified atom stereocenters. The van der Waals surface area contributed by atoms with Gasteiger partial charge in [-0.1, -0.05) is 12.1 Å². The normalized spacial score (nSPS) is 18.4. The number of benzene rings is 1. The average Bonchev–Trinajstić information content (AvgIpc) is 3.39. The van der Waals surface area contributed by atoms with Crippen LogP contribution in [0.2, 0.25) is 0 Å². The van der Waals surface area contributed by atoms with Gasteiger partial charge in [0.05, 0.1) is 12.8 Å². The molecule has 3 rings (SSSR count). The zero-order chi connectivity index (χ0) is 15.4. The van der Waals surface area contributed by atoms with Gasteiger partial charge < -0.3 is 19.9 Å². The summed E-state index contributed by atoms with van der Waals surface area (Å²) in [5.74, 6) is 2.04. The van der Waals surface area contributed by atoms with Crippen molar-refractivity contribution >= 4 is 35.6 Å². The van der Waals surface area contributed by atoms with Gasteiger partial charge in [0.1, 0.15) is 5.75 Å². The summed E-state index contributed by atoms with van der Waals surface area (Å²) in [4.78, 5) is 9.43. The molecule has 128 valence electrons. The van der Waals surface area contributed by atoms with Gasteiger partial charge in [-0.3, -0.25) is 4.99 Å². The fourth-order valence-corrected chi connectivity index (χ4v) is 2.85. The van der Waals surface area contributed by atoms with E-state index >= 15 is 0 Å². The minimum Gasteiger partial charge on any atom is -0.495 e. The smallest absolute Gasteiger partial charge is 0.194 e. The number of piperazine rings is 1. The Labute approximate surface area is 156 Å². The minimum atomic E-state index is 0. The van der Waals surface area contributed by atoms with Crippen molar-refractivity contribution in [1.29, 1.82) is 0 Å². The van der Waals surface area contributed by atoms with Crippen LogP contribution in [-0.2, 0) is 0 Å². The Bertz CT molecular complexity index is 525. The lowest BCUT2D eigenvalue weighted by Crippen LogP contribution is -2.53. The van der Waals surface area contributed by atoms with E-state index in [1.165, 1.54) is 18.5 Å². The molecule has 0 bridgehead atoms. The van der Waals surface area contributed by atoms with Gasteiger partial charge in [-0.05, 0) is 31.9 Å². The number of guanidine groups is 1. The van der Waals surface area contributed by atoms with E-state index in [9.17, 15) is 0 Å². The summed E-state index contributed by atoms with van der Waals surface area (Å²) in [6, 6.07) is 8.91. The van der Waals surface area contributed by atoms with Crippen LogP contribution >= 0.6 is 24.0 Å². The highest BCUT2D eigenvalue weighted by atomic mass is 127. The number of halogens is 1. The average molecular weight is 430 g/mol. The van der Waals surface area contributed by atoms with E-state index in [-0.39, 0.29) is 24.0 Å². The summed E-state index contributed by atoms with van der Waals surface area (Å²) in [5, 5.41) is 3.57. The number of anilines is 1. The second kappa shape index (κ2) is 8.61.